The molecule has 0 aliphatic heterocycles. The average Bonchev–Trinajstić information content (AvgIpc) is 2.21. The molecule has 2 aromatic rings. The zero-order valence-corrected chi connectivity index (χ0v) is 10.9. The van der Waals surface area contributed by atoms with Crippen molar-refractivity contribution in [3.05, 3.63) is 54.9 Å². The first kappa shape index (κ1) is 10.8. The summed E-state index contributed by atoms with van der Waals surface area (Å²) in [6, 6.07) is 14.3. The van der Waals surface area contributed by atoms with Crippen LogP contribution in [0.2, 0.25) is 0 Å². The van der Waals surface area contributed by atoms with E-state index >= 15 is 0 Å². The maximum atomic E-state index is 3.97. The van der Waals surface area contributed by atoms with E-state index in [1.54, 1.807) is 0 Å². The first-order valence-electron chi connectivity index (χ1n) is 3.92. The van der Waals surface area contributed by atoms with Crippen LogP contribution in [0.4, 0.5) is 0 Å². The smallest absolute Gasteiger partial charge is 0.0273 e. The van der Waals surface area contributed by atoms with Crippen molar-refractivity contribution in [1.82, 2.24) is 4.98 Å². The van der Waals surface area contributed by atoms with E-state index in [4.69, 9.17) is 0 Å². The minimum absolute atomic E-state index is 0. The van der Waals surface area contributed by atoms with Crippen molar-refractivity contribution >= 4 is 0 Å². The van der Waals surface area contributed by atoms with Crippen LogP contribution in [0.1, 0.15) is 0 Å². The van der Waals surface area contributed by atoms with Crippen LogP contribution in [0.15, 0.2) is 54.9 Å². The molecule has 0 unspecified atom stereocenters. The number of pyridine rings is 1. The predicted octanol–water partition coefficient (Wildman–Crippen LogP) is 2.75. The van der Waals surface area contributed by atoms with E-state index in [-0.39, 0.29) is 41.3 Å². The Morgan fingerprint density at radius 2 is 1.23 bits per heavy atom. The third-order valence-corrected chi connectivity index (χ3v) is 1.79. The van der Waals surface area contributed by atoms with Gasteiger partial charge in [0.2, 0.25) is 0 Å². The molecule has 2 rings (SSSR count). The number of hydrogen-bond donors (Lipinski definition) is 0. The Morgan fingerprint density at radius 1 is 0.692 bits per heavy atom. The summed E-state index contributed by atoms with van der Waals surface area (Å²) in [7, 11) is 0. The molecule has 13 heavy (non-hydrogen) atoms. The third-order valence-electron chi connectivity index (χ3n) is 1.79. The summed E-state index contributed by atoms with van der Waals surface area (Å²) in [5.74, 6) is 0. The van der Waals surface area contributed by atoms with Gasteiger partial charge in [0.1, 0.15) is 0 Å². The maximum Gasteiger partial charge on any atom is 0.0273 e. The van der Waals surface area contributed by atoms with Gasteiger partial charge in [-0.1, -0.05) is 30.3 Å². The van der Waals surface area contributed by atoms with Crippen molar-refractivity contribution in [3.8, 4) is 11.1 Å². The Labute approximate surface area is 111 Å². The summed E-state index contributed by atoms with van der Waals surface area (Å²) >= 11 is 0. The van der Waals surface area contributed by atoms with Crippen LogP contribution in [-0.4, -0.2) is 4.98 Å². The summed E-state index contributed by atoms with van der Waals surface area (Å²) in [6.07, 6.45) is 3.62. The van der Waals surface area contributed by atoms with Gasteiger partial charge in [-0.05, 0) is 23.3 Å². The van der Waals surface area contributed by atoms with Gasteiger partial charge in [0.15, 0.2) is 0 Å². The Kier molecular flexibility index (Phi) is 4.54. The second-order valence-corrected chi connectivity index (χ2v) is 2.60. The summed E-state index contributed by atoms with van der Waals surface area (Å²) in [6.45, 7) is 0. The van der Waals surface area contributed by atoms with Gasteiger partial charge in [-0.15, -0.1) is 0 Å². The Hall–Kier alpha value is -0.266. The van der Waals surface area contributed by atoms with Gasteiger partial charge in [-0.25, -0.2) is 0 Å². The molecular formula is C11H9NPr. The molecular weight excluding hydrogens is 287 g/mol. The van der Waals surface area contributed by atoms with Crippen LogP contribution in [0.3, 0.4) is 0 Å². The molecule has 0 aliphatic carbocycles. The van der Waals surface area contributed by atoms with Gasteiger partial charge < -0.3 is 0 Å². The maximum absolute atomic E-state index is 3.97. The van der Waals surface area contributed by atoms with E-state index in [2.05, 4.69) is 17.1 Å². The topological polar surface area (TPSA) is 12.9 Å². The average molecular weight is 296 g/mol. The van der Waals surface area contributed by atoms with Crippen LogP contribution < -0.4 is 0 Å². The first-order valence-corrected chi connectivity index (χ1v) is 3.92. The fourth-order valence-corrected chi connectivity index (χ4v) is 1.17. The van der Waals surface area contributed by atoms with E-state index < -0.39 is 0 Å². The number of benzene rings is 1. The molecule has 2 heteroatoms. The first-order chi connectivity index (χ1) is 5.97. The molecule has 61 valence electrons. The summed E-state index contributed by atoms with van der Waals surface area (Å²) in [5, 5.41) is 0. The van der Waals surface area contributed by atoms with E-state index in [1.165, 1.54) is 11.1 Å². The summed E-state index contributed by atoms with van der Waals surface area (Å²) in [5.41, 5.74) is 2.45. The number of hydrogen-bond acceptors (Lipinski definition) is 1. The SMILES string of the molecule is [Pr].c1ccc(-c2ccncc2)cc1. The number of aromatic nitrogens is 1. The van der Waals surface area contributed by atoms with Gasteiger partial charge >= 0.3 is 0 Å². The van der Waals surface area contributed by atoms with Gasteiger partial charge in [0.25, 0.3) is 0 Å². The molecule has 0 atom stereocenters. The predicted molar refractivity (Wildman–Crippen MR) is 49.7 cm³/mol. The molecule has 1 nitrogen and oxygen atoms in total. The zero-order chi connectivity index (χ0) is 8.23. The van der Waals surface area contributed by atoms with Crippen molar-refractivity contribution < 1.29 is 41.3 Å². The van der Waals surface area contributed by atoms with Gasteiger partial charge in [0, 0.05) is 53.7 Å². The molecule has 1 aromatic heterocycles. The Morgan fingerprint density at radius 3 is 1.85 bits per heavy atom. The van der Waals surface area contributed by atoms with Crippen molar-refractivity contribution in [1.29, 1.82) is 0 Å². The molecule has 0 N–H and O–H groups in total. The van der Waals surface area contributed by atoms with Crippen LogP contribution >= 0.6 is 0 Å². The minimum Gasteiger partial charge on any atom is -0.265 e. The van der Waals surface area contributed by atoms with E-state index in [0.29, 0.717) is 0 Å². The summed E-state index contributed by atoms with van der Waals surface area (Å²) < 4.78 is 0. The van der Waals surface area contributed by atoms with Crippen molar-refractivity contribution in [2.24, 2.45) is 0 Å². The van der Waals surface area contributed by atoms with E-state index in [1.807, 2.05) is 42.7 Å². The Balaban J connectivity index is 0.000000845. The monoisotopic (exact) mass is 296 g/mol. The molecule has 0 saturated carbocycles. The molecule has 0 bridgehead atoms. The van der Waals surface area contributed by atoms with Gasteiger partial charge in [0.05, 0.1) is 0 Å². The minimum atomic E-state index is 0. The standard InChI is InChI=1S/C11H9N.Pr/c1-2-4-10(5-3-1)11-6-8-12-9-7-11;/h1-9H;. The van der Waals surface area contributed by atoms with Gasteiger partial charge in [-0.3, -0.25) is 4.98 Å². The van der Waals surface area contributed by atoms with Crippen molar-refractivity contribution in [3.63, 3.8) is 0 Å². The molecule has 0 amide bonds. The van der Waals surface area contributed by atoms with E-state index in [0.717, 1.165) is 0 Å². The second kappa shape index (κ2) is 5.46. The molecule has 1 aromatic carbocycles. The molecule has 0 saturated heterocycles. The van der Waals surface area contributed by atoms with Crippen LogP contribution in [-0.2, 0) is 0 Å². The second-order valence-electron chi connectivity index (χ2n) is 2.60. The van der Waals surface area contributed by atoms with Crippen LogP contribution in [0.25, 0.3) is 11.1 Å². The molecule has 0 aliphatic rings. The number of nitrogens with zero attached hydrogens (tertiary/aromatic N) is 1. The van der Waals surface area contributed by atoms with Crippen LogP contribution in [0, 0.1) is 41.3 Å². The van der Waals surface area contributed by atoms with Gasteiger partial charge in [-0.2, -0.15) is 0 Å². The molecule has 0 fully saturated rings. The fraction of sp³-hybridized carbons (Fsp3) is 0. The molecule has 0 spiro atoms. The zero-order valence-electron chi connectivity index (χ0n) is 7.22. The Bertz CT molecular complexity index is 307. The molecule has 1 heterocycles. The third kappa shape index (κ3) is 2.85. The largest absolute Gasteiger partial charge is 0.265 e. The summed E-state index contributed by atoms with van der Waals surface area (Å²) in [4.78, 5) is 3.97. The van der Waals surface area contributed by atoms with Crippen LogP contribution in [0.5, 0.6) is 0 Å². The number of rotatable bonds is 1. The quantitative estimate of drug-likeness (QED) is 0.788. The molecule has 1 radical (unpaired) electrons. The fourth-order valence-electron chi connectivity index (χ4n) is 1.17. The van der Waals surface area contributed by atoms with E-state index in [9.17, 15) is 0 Å². The normalized spacial score (nSPS) is 8.92. The van der Waals surface area contributed by atoms with Crippen molar-refractivity contribution in [2.45, 2.75) is 0 Å². The van der Waals surface area contributed by atoms with Crippen molar-refractivity contribution in [2.75, 3.05) is 0 Å².